The van der Waals surface area contributed by atoms with Gasteiger partial charge in [0, 0.05) is 11.4 Å². The lowest BCUT2D eigenvalue weighted by Crippen LogP contribution is -2.21. The number of para-hydroxylation sites is 1. The highest BCUT2D eigenvalue weighted by Crippen LogP contribution is 2.28. The van der Waals surface area contributed by atoms with Crippen LogP contribution in [-0.2, 0) is 4.79 Å². The molecule has 2 aromatic carbocycles. The van der Waals surface area contributed by atoms with E-state index >= 15 is 0 Å². The second-order valence-electron chi connectivity index (χ2n) is 5.76. The van der Waals surface area contributed by atoms with E-state index in [1.54, 1.807) is 6.07 Å². The third-order valence-corrected chi connectivity index (χ3v) is 3.96. The topological polar surface area (TPSA) is 64.3 Å². The highest BCUT2D eigenvalue weighted by atomic mass is 16.5. The number of anilines is 2. The Labute approximate surface area is 137 Å². The summed E-state index contributed by atoms with van der Waals surface area (Å²) in [5, 5.41) is 2.84. The van der Waals surface area contributed by atoms with Crippen molar-refractivity contribution < 1.29 is 9.53 Å². The van der Waals surface area contributed by atoms with Crippen LogP contribution < -0.4 is 15.8 Å². The Balaban J connectivity index is 2.01. The molecule has 0 saturated carbocycles. The van der Waals surface area contributed by atoms with Gasteiger partial charge in [-0.05, 0) is 48.6 Å². The molecule has 1 atom stereocenters. The van der Waals surface area contributed by atoms with E-state index in [2.05, 4.69) is 19.2 Å². The van der Waals surface area contributed by atoms with Gasteiger partial charge >= 0.3 is 0 Å². The van der Waals surface area contributed by atoms with Gasteiger partial charge in [-0.25, -0.2) is 0 Å². The number of hydrogen-bond donors (Lipinski definition) is 2. The second kappa shape index (κ2) is 7.68. The highest BCUT2D eigenvalue weighted by molar-refractivity contribution is 5.93. The number of aryl methyl sites for hydroxylation is 1. The van der Waals surface area contributed by atoms with Gasteiger partial charge in [-0.1, -0.05) is 38.1 Å². The van der Waals surface area contributed by atoms with Crippen molar-refractivity contribution in [2.75, 3.05) is 17.7 Å². The summed E-state index contributed by atoms with van der Waals surface area (Å²) in [6.45, 7) is 6.19. The number of hydrogen-bond acceptors (Lipinski definition) is 3. The first kappa shape index (κ1) is 16.9. The molecule has 0 aliphatic rings. The summed E-state index contributed by atoms with van der Waals surface area (Å²) in [5.41, 5.74) is 9.18. The maximum atomic E-state index is 12.1. The fourth-order valence-electron chi connectivity index (χ4n) is 2.34. The molecule has 0 spiro atoms. The average Bonchev–Trinajstić information content (AvgIpc) is 2.56. The lowest BCUT2D eigenvalue weighted by molar-refractivity contribution is -0.118. The molecule has 2 rings (SSSR count). The third-order valence-electron chi connectivity index (χ3n) is 3.96. The number of carbonyl (C=O) groups is 1. The van der Waals surface area contributed by atoms with Crippen molar-refractivity contribution in [3.8, 4) is 5.75 Å². The van der Waals surface area contributed by atoms with Crippen molar-refractivity contribution >= 4 is 17.3 Å². The van der Waals surface area contributed by atoms with Crippen molar-refractivity contribution in [2.24, 2.45) is 0 Å². The largest absolute Gasteiger partial charge is 0.483 e. The fourth-order valence-corrected chi connectivity index (χ4v) is 2.34. The molecular weight excluding hydrogens is 288 g/mol. The zero-order valence-corrected chi connectivity index (χ0v) is 13.9. The van der Waals surface area contributed by atoms with Gasteiger partial charge in [0.25, 0.3) is 5.91 Å². The summed E-state index contributed by atoms with van der Waals surface area (Å²) >= 11 is 0. The normalized spacial score (nSPS) is 11.8. The minimum absolute atomic E-state index is 0.0261. The van der Waals surface area contributed by atoms with Gasteiger partial charge in [-0.15, -0.1) is 0 Å². The second-order valence-corrected chi connectivity index (χ2v) is 5.76. The minimum atomic E-state index is -0.197. The van der Waals surface area contributed by atoms with Gasteiger partial charge < -0.3 is 15.8 Å². The van der Waals surface area contributed by atoms with E-state index in [9.17, 15) is 4.79 Å². The molecule has 122 valence electrons. The lowest BCUT2D eigenvalue weighted by atomic mass is 9.98. The van der Waals surface area contributed by atoms with Gasteiger partial charge in [0.15, 0.2) is 6.61 Å². The first-order valence-corrected chi connectivity index (χ1v) is 7.89. The van der Waals surface area contributed by atoms with Gasteiger partial charge in [-0.2, -0.15) is 0 Å². The van der Waals surface area contributed by atoms with Gasteiger partial charge in [0.1, 0.15) is 5.75 Å². The van der Waals surface area contributed by atoms with E-state index in [4.69, 9.17) is 10.5 Å². The van der Waals surface area contributed by atoms with Crippen molar-refractivity contribution in [1.82, 2.24) is 0 Å². The summed E-state index contributed by atoms with van der Waals surface area (Å²) in [6, 6.07) is 13.3. The van der Waals surface area contributed by atoms with E-state index < -0.39 is 0 Å². The van der Waals surface area contributed by atoms with E-state index in [0.717, 1.165) is 23.3 Å². The van der Waals surface area contributed by atoms with Crippen LogP contribution in [0.25, 0.3) is 0 Å². The maximum Gasteiger partial charge on any atom is 0.262 e. The Bertz CT molecular complexity index is 683. The van der Waals surface area contributed by atoms with Crippen LogP contribution in [0.3, 0.4) is 0 Å². The Morgan fingerprint density at radius 1 is 1.26 bits per heavy atom. The van der Waals surface area contributed by atoms with E-state index in [1.807, 2.05) is 43.3 Å². The molecule has 0 aromatic heterocycles. The highest BCUT2D eigenvalue weighted by Gasteiger charge is 2.11. The molecule has 0 aliphatic heterocycles. The summed E-state index contributed by atoms with van der Waals surface area (Å²) < 4.78 is 5.72. The first-order chi connectivity index (χ1) is 11.0. The average molecular weight is 312 g/mol. The molecule has 1 unspecified atom stereocenters. The number of nitrogens with one attached hydrogen (secondary N) is 1. The quantitative estimate of drug-likeness (QED) is 0.789. The SMILES string of the molecule is CCC(C)c1ccccc1OCC(=O)Nc1cc(N)ccc1C. The molecule has 4 nitrogen and oxygen atoms in total. The zero-order valence-electron chi connectivity index (χ0n) is 13.9. The monoisotopic (exact) mass is 312 g/mol. The number of carbonyl (C=O) groups excluding carboxylic acids is 1. The molecule has 2 aromatic rings. The Morgan fingerprint density at radius 2 is 2.00 bits per heavy atom. The van der Waals surface area contributed by atoms with Crippen LogP contribution in [-0.4, -0.2) is 12.5 Å². The third kappa shape index (κ3) is 4.49. The molecule has 0 heterocycles. The molecule has 0 radical (unpaired) electrons. The van der Waals surface area contributed by atoms with E-state index in [1.165, 1.54) is 0 Å². The standard InChI is InChI=1S/C19H24N2O2/c1-4-13(2)16-7-5-6-8-18(16)23-12-19(22)21-17-11-15(20)10-9-14(17)3/h5-11,13H,4,12,20H2,1-3H3,(H,21,22). The number of amides is 1. The van der Waals surface area contributed by atoms with Gasteiger partial charge in [0.2, 0.25) is 0 Å². The van der Waals surface area contributed by atoms with Crippen LogP contribution in [0.1, 0.15) is 37.3 Å². The maximum absolute atomic E-state index is 12.1. The molecule has 3 N–H and O–H groups in total. The smallest absolute Gasteiger partial charge is 0.262 e. The van der Waals surface area contributed by atoms with Gasteiger partial charge in [-0.3, -0.25) is 4.79 Å². The Morgan fingerprint density at radius 3 is 2.74 bits per heavy atom. The van der Waals surface area contributed by atoms with Gasteiger partial charge in [0.05, 0.1) is 0 Å². The van der Waals surface area contributed by atoms with Crippen LogP contribution in [0, 0.1) is 6.92 Å². The fraction of sp³-hybridized carbons (Fsp3) is 0.316. The van der Waals surface area contributed by atoms with Crippen molar-refractivity contribution in [1.29, 1.82) is 0 Å². The predicted octanol–water partition coefficient (Wildman–Crippen LogP) is 4.11. The zero-order chi connectivity index (χ0) is 16.8. The number of ether oxygens (including phenoxy) is 1. The molecule has 0 saturated heterocycles. The molecule has 0 fully saturated rings. The summed E-state index contributed by atoms with van der Waals surface area (Å²) in [4.78, 5) is 12.1. The summed E-state index contributed by atoms with van der Waals surface area (Å²) in [5.74, 6) is 0.962. The lowest BCUT2D eigenvalue weighted by Gasteiger charge is -2.16. The van der Waals surface area contributed by atoms with E-state index in [-0.39, 0.29) is 12.5 Å². The van der Waals surface area contributed by atoms with Crippen molar-refractivity contribution in [3.05, 3.63) is 53.6 Å². The minimum Gasteiger partial charge on any atom is -0.483 e. The van der Waals surface area contributed by atoms with E-state index in [0.29, 0.717) is 17.3 Å². The Hall–Kier alpha value is -2.49. The van der Waals surface area contributed by atoms with Crippen LogP contribution >= 0.6 is 0 Å². The Kier molecular flexibility index (Phi) is 5.63. The molecule has 1 amide bonds. The van der Waals surface area contributed by atoms with Crippen LogP contribution in [0.4, 0.5) is 11.4 Å². The van der Waals surface area contributed by atoms with Crippen molar-refractivity contribution in [3.63, 3.8) is 0 Å². The predicted molar refractivity (Wildman–Crippen MR) is 94.9 cm³/mol. The van der Waals surface area contributed by atoms with Crippen molar-refractivity contribution in [2.45, 2.75) is 33.1 Å². The molecule has 4 heteroatoms. The molecule has 0 bridgehead atoms. The molecular formula is C19H24N2O2. The number of nitrogens with two attached hydrogens (primary N) is 1. The van der Waals surface area contributed by atoms with Crippen LogP contribution in [0.5, 0.6) is 5.75 Å². The summed E-state index contributed by atoms with van der Waals surface area (Å²) in [6.07, 6.45) is 1.02. The van der Waals surface area contributed by atoms with Crippen LogP contribution in [0.15, 0.2) is 42.5 Å². The molecule has 0 aliphatic carbocycles. The molecule has 23 heavy (non-hydrogen) atoms. The van der Waals surface area contributed by atoms with Crippen LogP contribution in [0.2, 0.25) is 0 Å². The summed E-state index contributed by atoms with van der Waals surface area (Å²) in [7, 11) is 0. The number of rotatable bonds is 6. The first-order valence-electron chi connectivity index (χ1n) is 7.89. The number of nitrogen functional groups attached to an aromatic ring is 1. The number of benzene rings is 2.